The number of aromatic nitrogens is 4. The molecule has 0 atom stereocenters. The van der Waals surface area contributed by atoms with E-state index in [1.165, 1.54) is 22.3 Å². The Bertz CT molecular complexity index is 3850. The maximum absolute atomic E-state index is 11.3. The molecule has 12 rings (SSSR count). The molecule has 0 aliphatic rings. The summed E-state index contributed by atoms with van der Waals surface area (Å²) in [5, 5.41) is 15.8. The first-order valence-electron chi connectivity index (χ1n) is 22.3. The lowest BCUT2D eigenvalue weighted by molar-refractivity contribution is 1.09. The van der Waals surface area contributed by atoms with Crippen LogP contribution in [0.3, 0.4) is 0 Å². The standard InChI is InChI=1S/C61H41N5/c1-39-17-9-11-23-46(39)43-29-31-57-51(33-43)48-25-13-15-27-55(48)65(57)59-35-45(38-62)50(61-63-53(41-19-5-3-6-20-41)37-54(64-61)42-21-7-4-8-22-42)36-60(59)66-56-28-16-14-26-49(56)52-34-44(30-32-58(52)66)47-24-12-10-18-40(47)2/h3-37H,1-2H3. The molecule has 0 radical (unpaired) electrons. The zero-order valence-corrected chi connectivity index (χ0v) is 36.4. The lowest BCUT2D eigenvalue weighted by Gasteiger charge is -2.19. The Hall–Kier alpha value is -8.85. The molecule has 5 nitrogen and oxygen atoms in total. The van der Waals surface area contributed by atoms with Gasteiger partial charge in [0.25, 0.3) is 0 Å². The van der Waals surface area contributed by atoms with Gasteiger partial charge in [0.15, 0.2) is 5.82 Å². The van der Waals surface area contributed by atoms with Crippen LogP contribution in [-0.2, 0) is 0 Å². The number of hydrogen-bond acceptors (Lipinski definition) is 3. The van der Waals surface area contributed by atoms with Crippen molar-refractivity contribution in [3.8, 4) is 73.6 Å². The lowest BCUT2D eigenvalue weighted by atomic mass is 9.99. The maximum atomic E-state index is 11.3. The third-order valence-electron chi connectivity index (χ3n) is 13.1. The summed E-state index contributed by atoms with van der Waals surface area (Å²) in [6, 6.07) is 77.2. The minimum atomic E-state index is 0.475. The number of rotatable bonds is 7. The smallest absolute Gasteiger partial charge is 0.161 e. The first-order valence-corrected chi connectivity index (χ1v) is 22.3. The molecule has 9 aromatic carbocycles. The van der Waals surface area contributed by atoms with Crippen LogP contribution in [0.4, 0.5) is 0 Å². The molecule has 3 heterocycles. The number of fused-ring (bicyclic) bond motifs is 6. The number of nitriles is 1. The van der Waals surface area contributed by atoms with Gasteiger partial charge in [0.05, 0.1) is 56.5 Å². The molecule has 0 N–H and O–H groups in total. The highest BCUT2D eigenvalue weighted by molar-refractivity contribution is 6.13. The molecule has 0 aliphatic carbocycles. The van der Waals surface area contributed by atoms with Crippen molar-refractivity contribution >= 4 is 43.6 Å². The van der Waals surface area contributed by atoms with Gasteiger partial charge in [-0.05, 0) is 102 Å². The van der Waals surface area contributed by atoms with Gasteiger partial charge in [0, 0.05) is 38.2 Å². The van der Waals surface area contributed by atoms with Gasteiger partial charge in [-0.3, -0.25) is 0 Å². The van der Waals surface area contributed by atoms with E-state index in [2.05, 4.69) is 199 Å². The topological polar surface area (TPSA) is 59.4 Å². The summed E-state index contributed by atoms with van der Waals surface area (Å²) in [6.07, 6.45) is 0. The number of nitrogens with zero attached hydrogens (tertiary/aromatic N) is 5. The first-order chi connectivity index (χ1) is 32.5. The molecule has 0 bridgehead atoms. The number of hydrogen-bond donors (Lipinski definition) is 0. The average molecular weight is 844 g/mol. The van der Waals surface area contributed by atoms with Gasteiger partial charge in [0.2, 0.25) is 0 Å². The molecule has 66 heavy (non-hydrogen) atoms. The molecule has 0 spiro atoms. The molecule has 0 amide bonds. The van der Waals surface area contributed by atoms with Crippen LogP contribution < -0.4 is 0 Å². The minimum Gasteiger partial charge on any atom is -0.307 e. The molecule has 5 heteroatoms. The Morgan fingerprint density at radius 2 is 0.788 bits per heavy atom. The molecular weight excluding hydrogens is 803 g/mol. The fourth-order valence-electron chi connectivity index (χ4n) is 9.89. The van der Waals surface area contributed by atoms with Gasteiger partial charge >= 0.3 is 0 Å². The van der Waals surface area contributed by atoms with Crippen molar-refractivity contribution < 1.29 is 0 Å². The van der Waals surface area contributed by atoms with Crippen LogP contribution in [-0.4, -0.2) is 19.1 Å². The van der Waals surface area contributed by atoms with Gasteiger partial charge in [-0.2, -0.15) is 5.26 Å². The quantitative estimate of drug-likeness (QED) is 0.161. The number of benzene rings is 9. The van der Waals surface area contributed by atoms with Crippen molar-refractivity contribution in [2.45, 2.75) is 13.8 Å². The molecule has 3 aromatic heterocycles. The summed E-state index contributed by atoms with van der Waals surface area (Å²) in [5.74, 6) is 0.479. The highest BCUT2D eigenvalue weighted by atomic mass is 15.1. The third kappa shape index (κ3) is 6.38. The van der Waals surface area contributed by atoms with Crippen LogP contribution in [0.25, 0.3) is 111 Å². The van der Waals surface area contributed by atoms with Gasteiger partial charge in [-0.1, -0.05) is 158 Å². The van der Waals surface area contributed by atoms with Gasteiger partial charge in [-0.15, -0.1) is 0 Å². The number of aryl methyl sites for hydroxylation is 2. The Balaban J connectivity index is 1.19. The Labute approximate surface area is 382 Å². The SMILES string of the molecule is Cc1ccccc1-c1ccc2c(c1)c1ccccc1n2-c1cc(C#N)c(-c2nc(-c3ccccc3)cc(-c3ccccc3)n2)cc1-n1c2ccccc2c2cc(-c3ccccc3C)ccc21. The van der Waals surface area contributed by atoms with E-state index in [0.29, 0.717) is 17.0 Å². The second-order valence-corrected chi connectivity index (χ2v) is 17.0. The predicted molar refractivity (Wildman–Crippen MR) is 272 cm³/mol. The largest absolute Gasteiger partial charge is 0.307 e. The maximum Gasteiger partial charge on any atom is 0.161 e. The van der Waals surface area contributed by atoms with Crippen LogP contribution in [0.15, 0.2) is 212 Å². The van der Waals surface area contributed by atoms with E-state index in [4.69, 9.17) is 9.97 Å². The Kier molecular flexibility index (Phi) is 9.25. The fourth-order valence-corrected chi connectivity index (χ4v) is 9.89. The van der Waals surface area contributed by atoms with Gasteiger partial charge < -0.3 is 9.13 Å². The number of para-hydroxylation sites is 2. The van der Waals surface area contributed by atoms with Crippen molar-refractivity contribution in [3.05, 3.63) is 229 Å². The molecule has 0 fully saturated rings. The molecule has 0 unspecified atom stereocenters. The summed E-state index contributed by atoms with van der Waals surface area (Å²) in [7, 11) is 0. The molecule has 310 valence electrons. The summed E-state index contributed by atoms with van der Waals surface area (Å²) in [6.45, 7) is 4.33. The van der Waals surface area contributed by atoms with E-state index in [0.717, 1.165) is 88.6 Å². The lowest BCUT2D eigenvalue weighted by Crippen LogP contribution is -2.06. The molecule has 0 saturated carbocycles. The van der Waals surface area contributed by atoms with E-state index >= 15 is 0 Å². The van der Waals surface area contributed by atoms with Crippen molar-refractivity contribution in [3.63, 3.8) is 0 Å². The van der Waals surface area contributed by atoms with Crippen LogP contribution in [0, 0.1) is 25.2 Å². The highest BCUT2D eigenvalue weighted by Gasteiger charge is 2.24. The van der Waals surface area contributed by atoms with Crippen molar-refractivity contribution in [2.75, 3.05) is 0 Å². The molecule has 0 saturated heterocycles. The van der Waals surface area contributed by atoms with E-state index in [9.17, 15) is 5.26 Å². The van der Waals surface area contributed by atoms with Crippen LogP contribution >= 0.6 is 0 Å². The normalized spacial score (nSPS) is 11.5. The van der Waals surface area contributed by atoms with Crippen LogP contribution in [0.5, 0.6) is 0 Å². The minimum absolute atomic E-state index is 0.475. The molecular formula is C61H41N5. The third-order valence-corrected chi connectivity index (χ3v) is 13.1. The second kappa shape index (κ2) is 15.7. The van der Waals surface area contributed by atoms with E-state index < -0.39 is 0 Å². The van der Waals surface area contributed by atoms with Gasteiger partial charge in [-0.25, -0.2) is 9.97 Å². The summed E-state index contributed by atoms with van der Waals surface area (Å²) in [4.78, 5) is 10.5. The molecule has 0 aliphatic heterocycles. The zero-order chi connectivity index (χ0) is 44.3. The van der Waals surface area contributed by atoms with Gasteiger partial charge in [0.1, 0.15) is 0 Å². The first kappa shape index (κ1) is 38.8. The van der Waals surface area contributed by atoms with E-state index in [1.807, 2.05) is 42.5 Å². The monoisotopic (exact) mass is 843 g/mol. The zero-order valence-electron chi connectivity index (χ0n) is 36.4. The fraction of sp³-hybridized carbons (Fsp3) is 0.0328. The Morgan fingerprint density at radius 1 is 0.364 bits per heavy atom. The summed E-state index contributed by atoms with van der Waals surface area (Å²) >= 11 is 0. The predicted octanol–water partition coefficient (Wildman–Crippen LogP) is 15.5. The van der Waals surface area contributed by atoms with Crippen molar-refractivity contribution in [1.82, 2.24) is 19.1 Å². The average Bonchev–Trinajstić information content (AvgIpc) is 3.88. The van der Waals surface area contributed by atoms with E-state index in [1.54, 1.807) is 0 Å². The summed E-state index contributed by atoms with van der Waals surface area (Å²) < 4.78 is 4.71. The second-order valence-electron chi connectivity index (χ2n) is 17.0. The Morgan fingerprint density at radius 3 is 1.27 bits per heavy atom. The van der Waals surface area contributed by atoms with Crippen molar-refractivity contribution in [1.29, 1.82) is 5.26 Å². The molecule has 12 aromatic rings. The van der Waals surface area contributed by atoms with Crippen molar-refractivity contribution in [2.24, 2.45) is 0 Å². The highest BCUT2D eigenvalue weighted by Crippen LogP contribution is 2.43. The summed E-state index contributed by atoms with van der Waals surface area (Å²) in [5.41, 5.74) is 17.8. The van der Waals surface area contributed by atoms with E-state index in [-0.39, 0.29) is 0 Å². The van der Waals surface area contributed by atoms with Crippen LogP contribution in [0.1, 0.15) is 16.7 Å². The van der Waals surface area contributed by atoms with Crippen LogP contribution in [0.2, 0.25) is 0 Å².